The molecule has 4 heterocycles. The van der Waals surface area contributed by atoms with Crippen LogP contribution in [0.4, 0.5) is 21.7 Å². The van der Waals surface area contributed by atoms with E-state index in [1.807, 2.05) is 30.2 Å². The molecule has 1 saturated heterocycles. The summed E-state index contributed by atoms with van der Waals surface area (Å²) in [6.07, 6.45) is 7.21. The number of nitrogens with two attached hydrogens (primary N) is 1. The summed E-state index contributed by atoms with van der Waals surface area (Å²) in [7, 11) is 0. The van der Waals surface area contributed by atoms with Gasteiger partial charge in [0, 0.05) is 36.9 Å². The van der Waals surface area contributed by atoms with E-state index in [0.717, 1.165) is 43.9 Å². The van der Waals surface area contributed by atoms with E-state index in [1.54, 1.807) is 0 Å². The number of piperidine rings is 1. The molecule has 0 bridgehead atoms. The molecule has 1 saturated carbocycles. The average Bonchev–Trinajstić information content (AvgIpc) is 3.41. The number of nitriles is 1. The highest BCUT2D eigenvalue weighted by Gasteiger charge is 2.46. The molecule has 3 atom stereocenters. The van der Waals surface area contributed by atoms with Crippen molar-refractivity contribution >= 4 is 28.5 Å². The molecule has 1 aliphatic carbocycles. The third-order valence-electron chi connectivity index (χ3n) is 8.84. The number of rotatable bonds is 2. The molecular formula is C26H31FN8. The first-order chi connectivity index (χ1) is 16.9. The lowest BCUT2D eigenvalue weighted by atomic mass is 9.73. The van der Waals surface area contributed by atoms with Crippen LogP contribution in [0.3, 0.4) is 0 Å². The van der Waals surface area contributed by atoms with Crippen molar-refractivity contribution in [1.29, 1.82) is 5.26 Å². The summed E-state index contributed by atoms with van der Waals surface area (Å²) in [5.41, 5.74) is 9.53. The Morgan fingerprint density at radius 1 is 1.17 bits per heavy atom. The van der Waals surface area contributed by atoms with E-state index in [9.17, 15) is 5.26 Å². The fraction of sp³-hybridized carbons (Fsp3) is 0.538. The zero-order valence-electron chi connectivity index (χ0n) is 20.3. The number of benzene rings is 1. The van der Waals surface area contributed by atoms with E-state index in [4.69, 9.17) is 15.7 Å². The van der Waals surface area contributed by atoms with E-state index in [1.165, 1.54) is 18.9 Å². The van der Waals surface area contributed by atoms with Crippen LogP contribution in [0.1, 0.15) is 63.0 Å². The molecule has 3 unspecified atom stereocenters. The molecule has 3 N–H and O–H groups in total. The Labute approximate surface area is 204 Å². The lowest BCUT2D eigenvalue weighted by molar-refractivity contribution is 0.186. The number of hydrogen-bond donors (Lipinski definition) is 2. The Kier molecular flexibility index (Phi) is 5.18. The second kappa shape index (κ2) is 8.16. The van der Waals surface area contributed by atoms with Crippen molar-refractivity contribution in [1.82, 2.24) is 20.2 Å². The van der Waals surface area contributed by atoms with Gasteiger partial charge in [0.05, 0.1) is 11.8 Å². The molecule has 182 valence electrons. The van der Waals surface area contributed by atoms with Crippen LogP contribution in [0.25, 0.3) is 11.2 Å². The van der Waals surface area contributed by atoms with Crippen LogP contribution in [0.2, 0.25) is 0 Å². The number of halogens is 1. The fourth-order valence-corrected chi connectivity index (χ4v) is 6.53. The van der Waals surface area contributed by atoms with Crippen molar-refractivity contribution in [2.24, 2.45) is 17.1 Å². The molecule has 35 heavy (non-hydrogen) atoms. The Balaban J connectivity index is 1.28. The van der Waals surface area contributed by atoms with Crippen molar-refractivity contribution in [2.75, 3.05) is 29.4 Å². The van der Waals surface area contributed by atoms with Crippen LogP contribution in [0.15, 0.2) is 18.3 Å². The largest absolute Gasteiger partial charge is 0.355 e. The van der Waals surface area contributed by atoms with E-state index in [-0.39, 0.29) is 22.9 Å². The number of aromatic amines is 1. The molecule has 3 aromatic rings. The van der Waals surface area contributed by atoms with E-state index >= 15 is 4.39 Å². The quantitative estimate of drug-likeness (QED) is 0.568. The van der Waals surface area contributed by atoms with Crippen LogP contribution >= 0.6 is 0 Å². The Bertz CT molecular complexity index is 1320. The van der Waals surface area contributed by atoms with Gasteiger partial charge in [-0.15, -0.1) is 0 Å². The molecule has 6 rings (SSSR count). The third-order valence-corrected chi connectivity index (χ3v) is 8.84. The highest BCUT2D eigenvalue weighted by Crippen LogP contribution is 2.48. The van der Waals surface area contributed by atoms with Gasteiger partial charge in [0.2, 0.25) is 0 Å². The summed E-state index contributed by atoms with van der Waals surface area (Å²) >= 11 is 0. The van der Waals surface area contributed by atoms with Crippen LogP contribution in [-0.2, 0) is 0 Å². The zero-order chi connectivity index (χ0) is 24.3. The fourth-order valence-electron chi connectivity index (χ4n) is 6.53. The molecule has 1 aromatic carbocycles. The van der Waals surface area contributed by atoms with Gasteiger partial charge in [-0.1, -0.05) is 13.8 Å². The first kappa shape index (κ1) is 22.2. The second-order valence-electron chi connectivity index (χ2n) is 10.7. The van der Waals surface area contributed by atoms with Crippen molar-refractivity contribution in [2.45, 2.75) is 57.9 Å². The van der Waals surface area contributed by atoms with Crippen molar-refractivity contribution in [3.63, 3.8) is 0 Å². The van der Waals surface area contributed by atoms with Gasteiger partial charge in [-0.2, -0.15) is 10.4 Å². The third kappa shape index (κ3) is 3.38. The summed E-state index contributed by atoms with van der Waals surface area (Å²) in [6.45, 7) is 6.82. The predicted octanol–water partition coefficient (Wildman–Crippen LogP) is 4.35. The topological polar surface area (TPSA) is 111 Å². The van der Waals surface area contributed by atoms with Gasteiger partial charge in [-0.25, -0.2) is 14.4 Å². The van der Waals surface area contributed by atoms with Gasteiger partial charge in [0.1, 0.15) is 17.7 Å². The molecule has 9 heteroatoms. The Morgan fingerprint density at radius 3 is 2.69 bits per heavy atom. The number of anilines is 3. The Hall–Kier alpha value is -3.25. The van der Waals surface area contributed by atoms with Crippen LogP contribution in [0.5, 0.6) is 0 Å². The molecule has 2 aliphatic heterocycles. The number of nitrogens with zero attached hydrogens (tertiary/aromatic N) is 6. The summed E-state index contributed by atoms with van der Waals surface area (Å²) < 4.78 is 15.0. The minimum Gasteiger partial charge on any atom is -0.355 e. The number of H-pyrrole nitrogens is 1. The van der Waals surface area contributed by atoms with Gasteiger partial charge in [0.15, 0.2) is 17.0 Å². The molecule has 2 aromatic heterocycles. The van der Waals surface area contributed by atoms with Gasteiger partial charge in [-0.05, 0) is 61.5 Å². The number of aromatic nitrogens is 4. The standard InChI is InChI=1S/C26H31FN8/c1-15-6-10-35(18-4-3-17(13-28)21(27)20(15)18)25-22-24(32-33-25)31-19(14-30-22)34-11-8-26(9-12-34)7-5-16(2)23(26)29/h3-4,14-16,23H,5-12,29H2,1-2H3,(H,31,32,33). The van der Waals surface area contributed by atoms with Gasteiger partial charge >= 0.3 is 0 Å². The maximum Gasteiger partial charge on any atom is 0.183 e. The van der Waals surface area contributed by atoms with Crippen molar-refractivity contribution in [3.8, 4) is 6.07 Å². The first-order valence-corrected chi connectivity index (χ1v) is 12.6. The minimum atomic E-state index is -0.436. The number of nitrogens with one attached hydrogen (secondary N) is 1. The van der Waals surface area contributed by atoms with Gasteiger partial charge in [0.25, 0.3) is 0 Å². The summed E-state index contributed by atoms with van der Waals surface area (Å²) in [4.78, 5) is 13.9. The zero-order valence-corrected chi connectivity index (χ0v) is 20.3. The molecule has 8 nitrogen and oxygen atoms in total. The van der Waals surface area contributed by atoms with Crippen LogP contribution < -0.4 is 15.5 Å². The maximum atomic E-state index is 15.0. The number of hydrogen-bond acceptors (Lipinski definition) is 7. The predicted molar refractivity (Wildman–Crippen MR) is 133 cm³/mol. The van der Waals surface area contributed by atoms with E-state index < -0.39 is 5.82 Å². The summed E-state index contributed by atoms with van der Waals surface area (Å²) in [6, 6.07) is 5.60. The van der Waals surface area contributed by atoms with Gasteiger partial charge < -0.3 is 15.5 Å². The van der Waals surface area contributed by atoms with Crippen molar-refractivity contribution < 1.29 is 4.39 Å². The van der Waals surface area contributed by atoms with Crippen molar-refractivity contribution in [3.05, 3.63) is 35.3 Å². The monoisotopic (exact) mass is 474 g/mol. The molecule has 3 aliphatic rings. The normalized spacial score (nSPS) is 25.7. The molecule has 2 fully saturated rings. The SMILES string of the molecule is CC1CCN(c2n[nH]c3nc(N4CCC5(CCC(C)C5N)CC4)cnc23)c2ccc(C#N)c(F)c21. The molecular weight excluding hydrogens is 443 g/mol. The molecule has 0 amide bonds. The smallest absolute Gasteiger partial charge is 0.183 e. The minimum absolute atomic E-state index is 0.0239. The lowest BCUT2D eigenvalue weighted by Crippen LogP contribution is -2.48. The van der Waals surface area contributed by atoms with Crippen LogP contribution in [0, 0.1) is 28.5 Å². The lowest BCUT2D eigenvalue weighted by Gasteiger charge is -2.43. The maximum absolute atomic E-state index is 15.0. The number of fused-ring (bicyclic) bond motifs is 2. The second-order valence-corrected chi connectivity index (χ2v) is 10.7. The highest BCUT2D eigenvalue weighted by molar-refractivity contribution is 5.88. The highest BCUT2D eigenvalue weighted by atomic mass is 19.1. The molecule has 0 radical (unpaired) electrons. The molecule has 1 spiro atoms. The average molecular weight is 475 g/mol. The summed E-state index contributed by atoms with van der Waals surface area (Å²) in [5.74, 6) is 1.67. The van der Waals surface area contributed by atoms with E-state index in [0.29, 0.717) is 35.0 Å². The summed E-state index contributed by atoms with van der Waals surface area (Å²) in [5, 5.41) is 16.8. The van der Waals surface area contributed by atoms with E-state index in [2.05, 4.69) is 22.0 Å². The first-order valence-electron chi connectivity index (χ1n) is 12.6. The Morgan fingerprint density at radius 2 is 1.97 bits per heavy atom. The van der Waals surface area contributed by atoms with Crippen LogP contribution in [-0.4, -0.2) is 45.8 Å². The van der Waals surface area contributed by atoms with Gasteiger partial charge in [-0.3, -0.25) is 5.10 Å².